The zero-order chi connectivity index (χ0) is 36.6. The van der Waals surface area contributed by atoms with Gasteiger partial charge in [0, 0.05) is 16.7 Å². The predicted octanol–water partition coefficient (Wildman–Crippen LogP) is 13.2. The van der Waals surface area contributed by atoms with Gasteiger partial charge in [-0.3, -0.25) is 0 Å². The number of nitrogens with zero attached hydrogens (tertiary/aromatic N) is 2. The molecule has 55 heavy (non-hydrogen) atoms. The van der Waals surface area contributed by atoms with Crippen LogP contribution in [0.4, 0.5) is 0 Å². The van der Waals surface area contributed by atoms with Gasteiger partial charge >= 0.3 is 0 Å². The molecule has 0 radical (unpaired) electrons. The summed E-state index contributed by atoms with van der Waals surface area (Å²) in [6.07, 6.45) is 0. The third-order valence-corrected chi connectivity index (χ3v) is 11.0. The second-order valence-electron chi connectivity index (χ2n) is 14.1. The normalized spacial score (nSPS) is 12.5. The molecule has 0 N–H and O–H groups in total. The highest BCUT2D eigenvalue weighted by Crippen LogP contribution is 2.56. The molecular formula is C53H36N2. The molecule has 10 rings (SSSR count). The summed E-state index contributed by atoms with van der Waals surface area (Å²) in [5.41, 5.74) is 16.9. The Kier molecular flexibility index (Phi) is 8.08. The van der Waals surface area contributed by atoms with E-state index in [1.807, 2.05) is 36.4 Å². The summed E-state index contributed by atoms with van der Waals surface area (Å²) in [7, 11) is 0. The Bertz CT molecular complexity index is 2680. The van der Waals surface area contributed by atoms with Crippen LogP contribution in [0.25, 0.3) is 67.3 Å². The number of hydrogen-bond donors (Lipinski definition) is 0. The van der Waals surface area contributed by atoms with Crippen LogP contribution in [-0.4, -0.2) is 9.97 Å². The fourth-order valence-corrected chi connectivity index (χ4v) is 8.41. The lowest BCUT2D eigenvalue weighted by Crippen LogP contribution is -2.28. The number of rotatable bonds is 7. The van der Waals surface area contributed by atoms with E-state index in [1.54, 1.807) is 0 Å². The molecule has 258 valence electrons. The molecule has 2 nitrogen and oxygen atoms in total. The molecule has 1 aliphatic carbocycles. The number of benzene rings is 8. The fourth-order valence-electron chi connectivity index (χ4n) is 8.41. The molecule has 2 heteroatoms. The summed E-state index contributed by atoms with van der Waals surface area (Å²) < 4.78 is 0. The van der Waals surface area contributed by atoms with E-state index in [0.29, 0.717) is 5.82 Å². The lowest BCUT2D eigenvalue weighted by atomic mass is 9.67. The van der Waals surface area contributed by atoms with Gasteiger partial charge in [0.1, 0.15) is 0 Å². The first kappa shape index (κ1) is 32.5. The van der Waals surface area contributed by atoms with Crippen molar-refractivity contribution < 1.29 is 0 Å². The van der Waals surface area contributed by atoms with E-state index in [9.17, 15) is 0 Å². The van der Waals surface area contributed by atoms with Gasteiger partial charge in [0.25, 0.3) is 0 Å². The largest absolute Gasteiger partial charge is 0.228 e. The van der Waals surface area contributed by atoms with Gasteiger partial charge in [-0.2, -0.15) is 0 Å². The Morgan fingerprint density at radius 2 is 0.709 bits per heavy atom. The maximum absolute atomic E-state index is 5.07. The highest BCUT2D eigenvalue weighted by Gasteiger charge is 2.45. The van der Waals surface area contributed by atoms with Crippen LogP contribution in [0.2, 0.25) is 0 Å². The van der Waals surface area contributed by atoms with Crippen molar-refractivity contribution in [2.24, 2.45) is 0 Å². The van der Waals surface area contributed by atoms with Gasteiger partial charge in [-0.15, -0.1) is 0 Å². The second-order valence-corrected chi connectivity index (χ2v) is 14.1. The van der Waals surface area contributed by atoms with Crippen LogP contribution in [0.15, 0.2) is 218 Å². The maximum Gasteiger partial charge on any atom is 0.160 e. The molecule has 0 atom stereocenters. The summed E-state index contributed by atoms with van der Waals surface area (Å²) in [4.78, 5) is 10.1. The van der Waals surface area contributed by atoms with Gasteiger partial charge in [-0.05, 0) is 73.8 Å². The number of hydrogen-bond acceptors (Lipinski definition) is 2. The molecule has 0 amide bonds. The summed E-state index contributed by atoms with van der Waals surface area (Å²) in [5, 5.41) is 0. The zero-order valence-corrected chi connectivity index (χ0v) is 30.2. The van der Waals surface area contributed by atoms with Crippen molar-refractivity contribution in [3.63, 3.8) is 0 Å². The Labute approximate surface area is 322 Å². The van der Waals surface area contributed by atoms with Crippen molar-refractivity contribution in [2.45, 2.75) is 5.41 Å². The topological polar surface area (TPSA) is 25.8 Å². The van der Waals surface area contributed by atoms with E-state index in [4.69, 9.17) is 9.97 Å². The van der Waals surface area contributed by atoms with Crippen molar-refractivity contribution in [2.75, 3.05) is 0 Å². The zero-order valence-electron chi connectivity index (χ0n) is 30.2. The van der Waals surface area contributed by atoms with Gasteiger partial charge in [0.2, 0.25) is 0 Å². The first-order chi connectivity index (χ1) is 27.3. The minimum absolute atomic E-state index is 0.395. The van der Waals surface area contributed by atoms with Crippen LogP contribution >= 0.6 is 0 Å². The number of aromatic nitrogens is 2. The fraction of sp³-hybridized carbons (Fsp3) is 0.0189. The summed E-state index contributed by atoms with van der Waals surface area (Å²) in [5.74, 6) is 0.708. The summed E-state index contributed by atoms with van der Waals surface area (Å²) >= 11 is 0. The van der Waals surface area contributed by atoms with Crippen LogP contribution in [0.5, 0.6) is 0 Å². The summed E-state index contributed by atoms with van der Waals surface area (Å²) in [6, 6.07) is 78.1. The molecule has 0 saturated carbocycles. The van der Waals surface area contributed by atoms with Gasteiger partial charge in [0.15, 0.2) is 5.82 Å². The average Bonchev–Trinajstić information content (AvgIpc) is 3.58. The highest BCUT2D eigenvalue weighted by atomic mass is 14.9. The Balaban J connectivity index is 1.02. The van der Waals surface area contributed by atoms with Crippen molar-refractivity contribution in [3.05, 3.63) is 241 Å². The predicted molar refractivity (Wildman–Crippen MR) is 227 cm³/mol. The van der Waals surface area contributed by atoms with Crippen LogP contribution in [-0.2, 0) is 5.41 Å². The third-order valence-electron chi connectivity index (χ3n) is 11.0. The Morgan fingerprint density at radius 1 is 0.273 bits per heavy atom. The van der Waals surface area contributed by atoms with Crippen LogP contribution in [0, 0.1) is 0 Å². The average molecular weight is 701 g/mol. The first-order valence-corrected chi connectivity index (χ1v) is 18.8. The lowest BCUT2D eigenvalue weighted by molar-refractivity contribution is 0.768. The molecular weight excluding hydrogens is 665 g/mol. The van der Waals surface area contributed by atoms with Gasteiger partial charge < -0.3 is 0 Å². The van der Waals surface area contributed by atoms with Gasteiger partial charge in [0.05, 0.1) is 16.8 Å². The molecule has 1 heterocycles. The van der Waals surface area contributed by atoms with Crippen LogP contribution in [0.1, 0.15) is 22.3 Å². The van der Waals surface area contributed by atoms with E-state index in [1.165, 1.54) is 44.5 Å². The first-order valence-electron chi connectivity index (χ1n) is 18.8. The van der Waals surface area contributed by atoms with E-state index in [-0.39, 0.29) is 0 Å². The van der Waals surface area contributed by atoms with Gasteiger partial charge in [-0.1, -0.05) is 200 Å². The van der Waals surface area contributed by atoms with Crippen molar-refractivity contribution >= 4 is 0 Å². The lowest BCUT2D eigenvalue weighted by Gasteiger charge is -2.33. The van der Waals surface area contributed by atoms with Crippen LogP contribution < -0.4 is 0 Å². The van der Waals surface area contributed by atoms with E-state index in [2.05, 4.69) is 182 Å². The molecule has 0 fully saturated rings. The highest BCUT2D eigenvalue weighted by molar-refractivity contribution is 5.89. The van der Waals surface area contributed by atoms with Crippen molar-refractivity contribution in [1.82, 2.24) is 9.97 Å². The standard InChI is InChI=1S/C53H36N2/c1-5-16-39(17-6-1)50-36-51(40-18-7-2-8-19-40)55-52(54-50)43-21-15-20-41(34-43)37-28-30-38(31-29-37)42-32-33-49-47(35-42)46-26-13-14-27-48(46)53(49,44-22-9-3-10-23-44)45-24-11-4-12-25-45/h1-36H. The smallest absolute Gasteiger partial charge is 0.160 e. The molecule has 0 spiro atoms. The van der Waals surface area contributed by atoms with E-state index >= 15 is 0 Å². The molecule has 0 unspecified atom stereocenters. The second kappa shape index (κ2) is 13.7. The number of fused-ring (bicyclic) bond motifs is 3. The van der Waals surface area contributed by atoms with E-state index in [0.717, 1.165) is 39.2 Å². The molecule has 0 aliphatic heterocycles. The minimum Gasteiger partial charge on any atom is -0.228 e. The van der Waals surface area contributed by atoms with Gasteiger partial charge in [-0.25, -0.2) is 9.97 Å². The molecule has 8 aromatic carbocycles. The van der Waals surface area contributed by atoms with Crippen molar-refractivity contribution in [3.8, 4) is 67.3 Å². The minimum atomic E-state index is -0.395. The quantitative estimate of drug-likeness (QED) is 0.165. The Hall–Kier alpha value is -7.16. The van der Waals surface area contributed by atoms with Crippen molar-refractivity contribution in [1.29, 1.82) is 0 Å². The third kappa shape index (κ3) is 5.67. The monoisotopic (exact) mass is 700 g/mol. The summed E-state index contributed by atoms with van der Waals surface area (Å²) in [6.45, 7) is 0. The molecule has 0 saturated heterocycles. The van der Waals surface area contributed by atoms with E-state index < -0.39 is 5.41 Å². The van der Waals surface area contributed by atoms with Crippen LogP contribution in [0.3, 0.4) is 0 Å². The molecule has 1 aromatic heterocycles. The SMILES string of the molecule is c1ccc(-c2cc(-c3ccccc3)nc(-c3cccc(-c4ccc(-c5ccc6c(c5)-c5ccccc5C6(c5ccccc5)c5ccccc5)cc4)c3)n2)cc1. The molecule has 1 aliphatic rings. The Morgan fingerprint density at radius 3 is 1.29 bits per heavy atom. The molecule has 0 bridgehead atoms. The maximum atomic E-state index is 5.07. The molecule has 9 aromatic rings.